The molecule has 0 amide bonds. The highest BCUT2D eigenvalue weighted by Crippen LogP contribution is 2.19. The third-order valence-corrected chi connectivity index (χ3v) is 1.84. The molecule has 0 spiro atoms. The van der Waals surface area contributed by atoms with Crippen LogP contribution in [0.25, 0.3) is 11.1 Å². The van der Waals surface area contributed by atoms with Crippen molar-refractivity contribution < 1.29 is 4.39 Å². The molecule has 0 bridgehead atoms. The highest BCUT2D eigenvalue weighted by Gasteiger charge is 2.02. The Kier molecular flexibility index (Phi) is 2.04. The van der Waals surface area contributed by atoms with Gasteiger partial charge in [-0.05, 0) is 17.7 Å². The number of benzene rings is 1. The van der Waals surface area contributed by atoms with Crippen LogP contribution in [-0.2, 0) is 0 Å². The first-order valence-corrected chi connectivity index (χ1v) is 4.04. The van der Waals surface area contributed by atoms with Crippen LogP contribution in [0.2, 0.25) is 0 Å². The quantitative estimate of drug-likeness (QED) is 0.604. The molecule has 13 heavy (non-hydrogen) atoms. The summed E-state index contributed by atoms with van der Waals surface area (Å²) in [6.07, 6.45) is 1.45. The molecule has 0 N–H and O–H groups in total. The average molecular weight is 173 g/mol. The molecule has 2 aromatic rings. The Hall–Kier alpha value is -1.70. The van der Waals surface area contributed by atoms with Crippen LogP contribution in [0.3, 0.4) is 0 Å². The van der Waals surface area contributed by atoms with Crippen molar-refractivity contribution in [3.63, 3.8) is 0 Å². The molecule has 0 fully saturated rings. The van der Waals surface area contributed by atoms with E-state index in [2.05, 4.69) is 4.98 Å². The van der Waals surface area contributed by atoms with E-state index >= 15 is 0 Å². The first kappa shape index (κ1) is 7.92. The van der Waals surface area contributed by atoms with Gasteiger partial charge in [-0.3, -0.25) is 0 Å². The fraction of sp³-hybridized carbons (Fsp3) is 0. The van der Waals surface area contributed by atoms with Crippen molar-refractivity contribution in [3.8, 4) is 11.1 Å². The van der Waals surface area contributed by atoms with E-state index in [4.69, 9.17) is 0 Å². The van der Waals surface area contributed by atoms with Crippen LogP contribution in [0.5, 0.6) is 0 Å². The van der Waals surface area contributed by atoms with E-state index < -0.39 is 5.95 Å². The summed E-state index contributed by atoms with van der Waals surface area (Å²) in [6, 6.07) is 12.8. The summed E-state index contributed by atoms with van der Waals surface area (Å²) in [4.78, 5) is 3.59. The standard InChI is InChI=1S/C11H8FN/c12-11-10(7-4-8-13-11)9-5-2-1-3-6-9/h1-8H. The van der Waals surface area contributed by atoms with Gasteiger partial charge in [0, 0.05) is 11.8 Å². The van der Waals surface area contributed by atoms with E-state index in [0.29, 0.717) is 5.56 Å². The zero-order valence-electron chi connectivity index (χ0n) is 6.94. The second-order valence-electron chi connectivity index (χ2n) is 2.71. The molecule has 0 unspecified atom stereocenters. The monoisotopic (exact) mass is 173 g/mol. The molecule has 1 heterocycles. The van der Waals surface area contributed by atoms with Gasteiger partial charge in [0.25, 0.3) is 0 Å². The largest absolute Gasteiger partial charge is 0.228 e. The molecule has 2 heteroatoms. The van der Waals surface area contributed by atoms with Gasteiger partial charge in [-0.2, -0.15) is 4.39 Å². The van der Waals surface area contributed by atoms with Gasteiger partial charge in [-0.1, -0.05) is 30.3 Å². The summed E-state index contributed by atoms with van der Waals surface area (Å²) in [6.45, 7) is 0. The highest BCUT2D eigenvalue weighted by atomic mass is 19.1. The Bertz CT molecular complexity index is 398. The molecule has 2 rings (SSSR count). The number of hydrogen-bond acceptors (Lipinski definition) is 1. The summed E-state index contributed by atoms with van der Waals surface area (Å²) in [5, 5.41) is 0. The number of pyridine rings is 1. The van der Waals surface area contributed by atoms with Crippen molar-refractivity contribution in [2.45, 2.75) is 0 Å². The Morgan fingerprint density at radius 1 is 0.923 bits per heavy atom. The van der Waals surface area contributed by atoms with Crippen LogP contribution >= 0.6 is 0 Å². The van der Waals surface area contributed by atoms with Gasteiger partial charge in [0.1, 0.15) is 0 Å². The van der Waals surface area contributed by atoms with Gasteiger partial charge in [0.05, 0.1) is 0 Å². The van der Waals surface area contributed by atoms with Crippen LogP contribution in [-0.4, -0.2) is 4.98 Å². The minimum Gasteiger partial charge on any atom is -0.228 e. The molecule has 0 saturated carbocycles. The maximum atomic E-state index is 13.2. The Morgan fingerprint density at radius 3 is 2.38 bits per heavy atom. The second-order valence-corrected chi connectivity index (χ2v) is 2.71. The van der Waals surface area contributed by atoms with Gasteiger partial charge in [0.2, 0.25) is 5.95 Å². The molecule has 0 aliphatic heterocycles. The fourth-order valence-corrected chi connectivity index (χ4v) is 1.22. The number of halogens is 1. The highest BCUT2D eigenvalue weighted by molar-refractivity contribution is 5.62. The molecule has 1 aromatic heterocycles. The van der Waals surface area contributed by atoms with E-state index in [1.807, 2.05) is 30.3 Å². The van der Waals surface area contributed by atoms with E-state index in [0.717, 1.165) is 5.56 Å². The van der Waals surface area contributed by atoms with Crippen molar-refractivity contribution in [1.29, 1.82) is 0 Å². The predicted octanol–water partition coefficient (Wildman–Crippen LogP) is 2.89. The van der Waals surface area contributed by atoms with Crippen LogP contribution in [0.15, 0.2) is 48.7 Å². The lowest BCUT2D eigenvalue weighted by molar-refractivity contribution is 0.587. The summed E-state index contributed by atoms with van der Waals surface area (Å²) in [5.74, 6) is -0.422. The number of rotatable bonds is 1. The maximum absolute atomic E-state index is 13.2. The number of nitrogens with zero attached hydrogens (tertiary/aromatic N) is 1. The molecule has 64 valence electrons. The van der Waals surface area contributed by atoms with Crippen molar-refractivity contribution >= 4 is 0 Å². The third kappa shape index (κ3) is 1.56. The molecule has 0 aliphatic carbocycles. The summed E-state index contributed by atoms with van der Waals surface area (Å²) in [7, 11) is 0. The number of aromatic nitrogens is 1. The van der Waals surface area contributed by atoms with Crippen LogP contribution in [0.1, 0.15) is 0 Å². The van der Waals surface area contributed by atoms with E-state index in [1.54, 1.807) is 12.1 Å². The zero-order chi connectivity index (χ0) is 9.10. The van der Waals surface area contributed by atoms with Crippen LogP contribution in [0, 0.1) is 5.95 Å². The zero-order valence-corrected chi connectivity index (χ0v) is 6.94. The molecule has 0 radical (unpaired) electrons. The Morgan fingerprint density at radius 2 is 1.69 bits per heavy atom. The second kappa shape index (κ2) is 3.35. The van der Waals surface area contributed by atoms with E-state index in [1.165, 1.54) is 6.20 Å². The lowest BCUT2D eigenvalue weighted by Crippen LogP contribution is -1.86. The van der Waals surface area contributed by atoms with Gasteiger partial charge in [-0.15, -0.1) is 0 Å². The topological polar surface area (TPSA) is 12.9 Å². The van der Waals surface area contributed by atoms with Crippen molar-refractivity contribution in [1.82, 2.24) is 4.98 Å². The van der Waals surface area contributed by atoms with Gasteiger partial charge in [-0.25, -0.2) is 4.98 Å². The third-order valence-electron chi connectivity index (χ3n) is 1.84. The average Bonchev–Trinajstić information content (AvgIpc) is 2.20. The SMILES string of the molecule is Fc1ncccc1-c1ccccc1. The van der Waals surface area contributed by atoms with E-state index in [9.17, 15) is 4.39 Å². The number of hydrogen-bond donors (Lipinski definition) is 0. The summed E-state index contributed by atoms with van der Waals surface area (Å²) >= 11 is 0. The predicted molar refractivity (Wildman–Crippen MR) is 49.6 cm³/mol. The lowest BCUT2D eigenvalue weighted by atomic mass is 10.1. The Labute approximate surface area is 75.9 Å². The maximum Gasteiger partial charge on any atom is 0.220 e. The minimum atomic E-state index is -0.422. The smallest absolute Gasteiger partial charge is 0.220 e. The lowest BCUT2D eigenvalue weighted by Gasteiger charge is -2.00. The summed E-state index contributed by atoms with van der Waals surface area (Å²) in [5.41, 5.74) is 1.40. The molecule has 1 aromatic carbocycles. The summed E-state index contributed by atoms with van der Waals surface area (Å²) < 4.78 is 13.2. The molecule has 0 atom stereocenters. The fourth-order valence-electron chi connectivity index (χ4n) is 1.22. The van der Waals surface area contributed by atoms with E-state index in [-0.39, 0.29) is 0 Å². The Balaban J connectivity index is 2.54. The molecule has 0 aliphatic rings. The minimum absolute atomic E-state index is 0.422. The van der Waals surface area contributed by atoms with Gasteiger partial charge < -0.3 is 0 Å². The molecular formula is C11H8FN. The molecule has 0 saturated heterocycles. The first-order chi connectivity index (χ1) is 6.38. The first-order valence-electron chi connectivity index (χ1n) is 4.04. The van der Waals surface area contributed by atoms with Crippen LogP contribution in [0.4, 0.5) is 4.39 Å². The van der Waals surface area contributed by atoms with Gasteiger partial charge in [0.15, 0.2) is 0 Å². The normalized spacial score (nSPS) is 9.92. The molecule has 1 nitrogen and oxygen atoms in total. The molecular weight excluding hydrogens is 165 g/mol. The van der Waals surface area contributed by atoms with Crippen molar-refractivity contribution in [2.24, 2.45) is 0 Å². The van der Waals surface area contributed by atoms with Gasteiger partial charge >= 0.3 is 0 Å². The van der Waals surface area contributed by atoms with Crippen molar-refractivity contribution in [3.05, 3.63) is 54.6 Å². The van der Waals surface area contributed by atoms with Crippen LogP contribution < -0.4 is 0 Å². The van der Waals surface area contributed by atoms with Crippen molar-refractivity contribution in [2.75, 3.05) is 0 Å².